The topological polar surface area (TPSA) is 119 Å². The van der Waals surface area contributed by atoms with Crippen LogP contribution in [-0.2, 0) is 20.8 Å². The van der Waals surface area contributed by atoms with Crippen molar-refractivity contribution in [1.82, 2.24) is 10.3 Å². The molecule has 0 bridgehead atoms. The number of carbonyl (C=O) groups is 3. The number of aliphatic hydroxyl groups excluding tert-OH is 2. The average Bonchev–Trinajstić information content (AvgIpc) is 3.46. The Balaban J connectivity index is 1.59. The van der Waals surface area contributed by atoms with Crippen molar-refractivity contribution in [2.45, 2.75) is 58.6 Å². The van der Waals surface area contributed by atoms with Gasteiger partial charge in [0.2, 0.25) is 5.91 Å². The monoisotopic (exact) mass is 530 g/mol. The number of hydrogen-bond donors (Lipinski definition) is 4. The lowest BCUT2D eigenvalue weighted by atomic mass is 9.54. The van der Waals surface area contributed by atoms with Crippen LogP contribution in [0.5, 0.6) is 0 Å². The summed E-state index contributed by atoms with van der Waals surface area (Å²) in [4.78, 5) is 44.4. The number of carbonyl (C=O) groups excluding carboxylic acids is 3. The number of aromatic nitrogens is 1. The predicted molar refractivity (Wildman–Crippen MR) is 150 cm³/mol. The normalized spacial score (nSPS) is 33.8. The zero-order chi connectivity index (χ0) is 27.9. The van der Waals surface area contributed by atoms with Gasteiger partial charge in [-0.1, -0.05) is 56.4 Å². The molecule has 4 N–H and O–H groups in total. The first kappa shape index (κ1) is 27.3. The smallest absolute Gasteiger partial charge is 0.235 e. The summed E-state index contributed by atoms with van der Waals surface area (Å²) in [6, 6.07) is 7.66. The van der Waals surface area contributed by atoms with E-state index in [0.29, 0.717) is 18.4 Å². The van der Waals surface area contributed by atoms with E-state index >= 15 is 0 Å². The van der Waals surface area contributed by atoms with Crippen LogP contribution in [0.4, 0.5) is 0 Å². The zero-order valence-corrected chi connectivity index (χ0v) is 22.8. The number of para-hydroxylation sites is 1. The number of amides is 1. The lowest BCUT2D eigenvalue weighted by Gasteiger charge is -2.45. The quantitative estimate of drug-likeness (QED) is 0.355. The summed E-state index contributed by atoms with van der Waals surface area (Å²) in [5, 5.41) is 25.1. The molecule has 1 fully saturated rings. The Morgan fingerprint density at radius 1 is 1.08 bits per heavy atom. The first-order valence-electron chi connectivity index (χ1n) is 13.9. The van der Waals surface area contributed by atoms with Crippen molar-refractivity contribution in [1.29, 1.82) is 0 Å². The van der Waals surface area contributed by atoms with Crippen LogP contribution >= 0.6 is 0 Å². The van der Waals surface area contributed by atoms with Crippen LogP contribution in [0.3, 0.4) is 0 Å². The second-order valence-corrected chi connectivity index (χ2v) is 11.6. The number of aliphatic hydroxyl groups is 2. The number of nitrogens with one attached hydrogen (secondary N) is 2. The molecule has 5 rings (SSSR count). The van der Waals surface area contributed by atoms with Crippen molar-refractivity contribution in [2.24, 2.45) is 29.1 Å². The van der Waals surface area contributed by atoms with Gasteiger partial charge < -0.3 is 20.5 Å². The number of fused-ring (bicyclic) bond motifs is 1. The van der Waals surface area contributed by atoms with Crippen molar-refractivity contribution < 1.29 is 24.6 Å². The number of ketones is 2. The van der Waals surface area contributed by atoms with E-state index in [1.807, 2.05) is 68.6 Å². The van der Waals surface area contributed by atoms with Crippen molar-refractivity contribution in [3.63, 3.8) is 0 Å². The molecule has 3 aliphatic rings. The Morgan fingerprint density at radius 2 is 1.85 bits per heavy atom. The van der Waals surface area contributed by atoms with Crippen LogP contribution in [0, 0.1) is 29.1 Å². The Kier molecular flexibility index (Phi) is 7.49. The highest BCUT2D eigenvalue weighted by atomic mass is 16.3. The van der Waals surface area contributed by atoms with Crippen LogP contribution in [0.15, 0.2) is 65.9 Å². The zero-order valence-electron chi connectivity index (χ0n) is 22.8. The van der Waals surface area contributed by atoms with Gasteiger partial charge in [0.15, 0.2) is 5.78 Å². The molecule has 7 heteroatoms. The number of H-pyrrole nitrogens is 1. The molecule has 1 aromatic carbocycles. The number of benzene rings is 1. The van der Waals surface area contributed by atoms with Gasteiger partial charge in [0.05, 0.1) is 6.61 Å². The van der Waals surface area contributed by atoms with Crippen molar-refractivity contribution in [3.8, 4) is 0 Å². The summed E-state index contributed by atoms with van der Waals surface area (Å²) >= 11 is 0. The van der Waals surface area contributed by atoms with Crippen LogP contribution in [-0.4, -0.2) is 51.4 Å². The molecule has 2 aliphatic carbocycles. The predicted octanol–water partition coefficient (Wildman–Crippen LogP) is 3.82. The highest BCUT2D eigenvalue weighted by molar-refractivity contribution is 6.10. The molecule has 1 aliphatic heterocycles. The van der Waals surface area contributed by atoms with Gasteiger partial charge in [-0.05, 0) is 54.4 Å². The third-order valence-corrected chi connectivity index (χ3v) is 9.19. The van der Waals surface area contributed by atoms with E-state index in [1.165, 1.54) is 0 Å². The number of rotatable bonds is 3. The molecule has 39 heavy (non-hydrogen) atoms. The average molecular weight is 531 g/mol. The van der Waals surface area contributed by atoms with Gasteiger partial charge in [-0.2, -0.15) is 0 Å². The Morgan fingerprint density at radius 3 is 2.62 bits per heavy atom. The molecule has 2 aromatic rings. The molecule has 7 atom stereocenters. The molecule has 1 amide bonds. The van der Waals surface area contributed by atoms with Crippen molar-refractivity contribution in [2.75, 3.05) is 6.61 Å². The Bertz CT molecular complexity index is 1380. The van der Waals surface area contributed by atoms with Crippen molar-refractivity contribution >= 4 is 28.4 Å². The van der Waals surface area contributed by atoms with E-state index in [4.69, 9.17) is 0 Å². The summed E-state index contributed by atoms with van der Waals surface area (Å²) in [6.07, 6.45) is 9.32. The molecular formula is C32H38N2O5. The largest absolute Gasteiger partial charge is 0.392 e. The highest BCUT2D eigenvalue weighted by Crippen LogP contribution is 2.55. The minimum atomic E-state index is -1.39. The maximum absolute atomic E-state index is 14.2. The third-order valence-electron chi connectivity index (χ3n) is 9.19. The lowest BCUT2D eigenvalue weighted by molar-refractivity contribution is -0.146. The molecule has 1 aromatic heterocycles. The van der Waals surface area contributed by atoms with Crippen LogP contribution < -0.4 is 5.32 Å². The molecule has 206 valence electrons. The second-order valence-electron chi connectivity index (χ2n) is 11.6. The van der Waals surface area contributed by atoms with Gasteiger partial charge in [-0.15, -0.1) is 0 Å². The Labute approximate surface area is 229 Å². The Hall–Kier alpha value is -3.29. The standard InChI is InChI=1S/C32H38N2O5/c1-18-7-6-8-23-14-22(17-35)20(3)29-26(15-21-16-33-25-10-5-4-9-24(21)25)34-31(39)32(23,29)28(37)12-11-27(36)30(38)19(2)13-18/h4-6,8-10,13-14,16,18,20,23,26,29-30,33,35,38H,7,11-12,15,17H2,1-3H3,(H,34,39)/t18-,20+,23-,26-,29-,30+,32+/m0/s1. The lowest BCUT2D eigenvalue weighted by Crippen LogP contribution is -2.53. The van der Waals surface area contributed by atoms with E-state index in [0.717, 1.165) is 22.0 Å². The summed E-state index contributed by atoms with van der Waals surface area (Å²) < 4.78 is 0. The number of allylic oxidation sites excluding steroid dienone is 4. The van der Waals surface area contributed by atoms with Gasteiger partial charge in [-0.3, -0.25) is 14.4 Å². The maximum Gasteiger partial charge on any atom is 0.235 e. The molecule has 0 unspecified atom stereocenters. The molecule has 0 saturated carbocycles. The van der Waals surface area contributed by atoms with Gasteiger partial charge in [-0.25, -0.2) is 0 Å². The van der Waals surface area contributed by atoms with Gasteiger partial charge in [0.25, 0.3) is 0 Å². The third kappa shape index (κ3) is 4.61. The molecule has 7 nitrogen and oxygen atoms in total. The molecule has 2 heterocycles. The van der Waals surface area contributed by atoms with Crippen LogP contribution in [0.1, 0.15) is 45.6 Å². The first-order valence-corrected chi connectivity index (χ1v) is 13.9. The van der Waals surface area contributed by atoms with Gasteiger partial charge >= 0.3 is 0 Å². The number of aromatic amines is 1. The fourth-order valence-electron chi connectivity index (χ4n) is 7.21. The minimum absolute atomic E-state index is 0.0581. The number of hydrogen-bond acceptors (Lipinski definition) is 5. The SMILES string of the molecule is CC1=C[C@@H](C)CC=C[C@H]2C=C(CO)[C@@H](C)[C@H]3[C@H](Cc4c[nH]c5ccccc45)NC(=O)[C@@]23C(=O)CCC(=O)[C@@H]1O. The van der Waals surface area contributed by atoms with E-state index < -0.39 is 29.1 Å². The summed E-state index contributed by atoms with van der Waals surface area (Å²) in [6.45, 7) is 5.57. The molecule has 1 spiro atoms. The van der Waals surface area contributed by atoms with Crippen molar-refractivity contribution in [3.05, 3.63) is 71.5 Å². The van der Waals surface area contributed by atoms with E-state index in [1.54, 1.807) is 6.92 Å². The summed E-state index contributed by atoms with van der Waals surface area (Å²) in [7, 11) is 0. The molecular weight excluding hydrogens is 492 g/mol. The first-order chi connectivity index (χ1) is 18.7. The highest BCUT2D eigenvalue weighted by Gasteiger charge is 2.65. The number of Topliss-reactive ketones (excluding diaryl/α,β-unsaturated/α-hetero) is 2. The van der Waals surface area contributed by atoms with Gasteiger partial charge in [0, 0.05) is 47.8 Å². The molecule has 1 saturated heterocycles. The van der Waals surface area contributed by atoms with E-state index in [2.05, 4.69) is 10.3 Å². The van der Waals surface area contributed by atoms with Crippen LogP contribution in [0.2, 0.25) is 0 Å². The van der Waals surface area contributed by atoms with Gasteiger partial charge in [0.1, 0.15) is 17.3 Å². The summed E-state index contributed by atoms with van der Waals surface area (Å²) in [5.41, 5.74) is 2.06. The van der Waals surface area contributed by atoms with E-state index in [-0.39, 0.29) is 49.0 Å². The maximum atomic E-state index is 14.2. The minimum Gasteiger partial charge on any atom is -0.392 e. The summed E-state index contributed by atoms with van der Waals surface area (Å²) in [5.74, 6) is -2.13. The second kappa shape index (κ2) is 10.7. The van der Waals surface area contributed by atoms with Crippen LogP contribution in [0.25, 0.3) is 10.9 Å². The fraction of sp³-hybridized carbons (Fsp3) is 0.469. The molecule has 0 radical (unpaired) electrons. The van der Waals surface area contributed by atoms with E-state index in [9.17, 15) is 24.6 Å². The fourth-order valence-corrected chi connectivity index (χ4v) is 7.21.